The van der Waals surface area contributed by atoms with Gasteiger partial charge in [-0.2, -0.15) is 0 Å². The zero-order chi connectivity index (χ0) is 34.8. The predicted octanol–water partition coefficient (Wildman–Crippen LogP) is 8.34. The molecule has 0 fully saturated rings. The third-order valence-electron chi connectivity index (χ3n) is 8.77. The Labute approximate surface area is 287 Å². The lowest BCUT2D eigenvalue weighted by molar-refractivity contribution is 0.0732. The second-order valence-corrected chi connectivity index (χ2v) is 11.5. The molecule has 7 rings (SSSR count). The lowest BCUT2D eigenvalue weighted by Gasteiger charge is -2.25. The molecule has 5 aromatic rings. The Hall–Kier alpha value is -7.52. The highest BCUT2D eigenvalue weighted by Crippen LogP contribution is 2.41. The van der Waals surface area contributed by atoms with E-state index in [4.69, 9.17) is 22.6 Å². The first-order valence-electron chi connectivity index (χ1n) is 15.4. The van der Waals surface area contributed by atoms with Crippen LogP contribution in [-0.2, 0) is 12.8 Å². The molecule has 0 N–H and O–H groups in total. The topological polar surface area (TPSA) is 109 Å². The molecule has 234 valence electrons. The Bertz CT molecular complexity index is 2330. The van der Waals surface area contributed by atoms with Crippen LogP contribution >= 0.6 is 0 Å². The molecule has 0 radical (unpaired) electrons. The van der Waals surface area contributed by atoms with E-state index in [-0.39, 0.29) is 34.0 Å². The van der Waals surface area contributed by atoms with E-state index < -0.39 is 11.9 Å². The lowest BCUT2D eigenvalue weighted by atomic mass is 9.79. The lowest BCUT2D eigenvalue weighted by Crippen LogP contribution is -2.17. The molecule has 2 aliphatic rings. The van der Waals surface area contributed by atoms with Gasteiger partial charge in [-0.15, -0.1) is 0 Å². The number of hydrogen-bond donors (Lipinski definition) is 0. The number of fused-ring (bicyclic) bond motifs is 4. The molecule has 2 aliphatic carbocycles. The molecule has 8 heteroatoms. The van der Waals surface area contributed by atoms with Crippen molar-refractivity contribution in [2.24, 2.45) is 0 Å². The SMILES string of the molecule is [C-]#[N+]/C(C#N)=C1/c2ccccc2Cc2c(C(=O)Oc3cccc(OC(=O)c4cccc5c4Cc4ccccc4/C5=C(/C#N)[N+]#[C-])c3)cccc21. The van der Waals surface area contributed by atoms with Crippen LogP contribution in [0.25, 0.3) is 20.8 Å². The molecule has 0 heterocycles. The van der Waals surface area contributed by atoms with Crippen molar-refractivity contribution in [3.8, 4) is 23.6 Å². The summed E-state index contributed by atoms with van der Waals surface area (Å²) in [5, 5.41) is 19.5. The number of esters is 2. The Kier molecular flexibility index (Phi) is 8.05. The van der Waals surface area contributed by atoms with Crippen LogP contribution in [0.3, 0.4) is 0 Å². The molecule has 8 nitrogen and oxygen atoms in total. The Morgan fingerprint density at radius 1 is 0.560 bits per heavy atom. The Balaban J connectivity index is 1.18. The van der Waals surface area contributed by atoms with Gasteiger partial charge in [0.05, 0.1) is 36.4 Å². The summed E-state index contributed by atoms with van der Waals surface area (Å²) < 4.78 is 11.6. The number of allylic oxidation sites excluding steroid dienone is 2. The molecule has 0 unspecified atom stereocenters. The van der Waals surface area contributed by atoms with E-state index in [0.717, 1.165) is 22.3 Å². The van der Waals surface area contributed by atoms with E-state index in [9.17, 15) is 20.1 Å². The van der Waals surface area contributed by atoms with E-state index in [1.54, 1.807) is 54.6 Å². The van der Waals surface area contributed by atoms with Crippen LogP contribution in [-0.4, -0.2) is 11.9 Å². The van der Waals surface area contributed by atoms with Crippen molar-refractivity contribution >= 4 is 23.1 Å². The van der Waals surface area contributed by atoms with Gasteiger partial charge in [0.1, 0.15) is 11.5 Å². The zero-order valence-electron chi connectivity index (χ0n) is 26.2. The third-order valence-corrected chi connectivity index (χ3v) is 8.77. The normalized spacial score (nSPS) is 14.0. The monoisotopic (exact) mass is 646 g/mol. The molecule has 0 bridgehead atoms. The van der Waals surface area contributed by atoms with Crippen molar-refractivity contribution in [2.45, 2.75) is 12.8 Å². The fourth-order valence-corrected chi connectivity index (χ4v) is 6.62. The molecule has 5 aromatic carbocycles. The standard InChI is InChI=1S/C42H22N4O4/c1-45-37(23-43)39-29-14-5-3-10-25(29)20-35-31(39)16-8-18-33(35)41(47)49-27-12-7-13-28(22-27)50-42(48)34-19-9-17-32-36(34)21-26-11-4-6-15-30(26)40(32)38(24-44)46-2/h3-19,22H,20-21H2/b39-37-,40-38+. The fraction of sp³-hybridized carbons (Fsp3) is 0.0476. The minimum atomic E-state index is -0.645. The van der Waals surface area contributed by atoms with Crippen LogP contribution in [0.1, 0.15) is 65.2 Å². The number of ether oxygens (including phenoxy) is 2. The third kappa shape index (κ3) is 5.36. The average Bonchev–Trinajstić information content (AvgIpc) is 3.14. The summed E-state index contributed by atoms with van der Waals surface area (Å²) in [7, 11) is 0. The smallest absolute Gasteiger partial charge is 0.343 e. The molecule has 0 atom stereocenters. The van der Waals surface area contributed by atoms with Gasteiger partial charge in [0, 0.05) is 17.2 Å². The van der Waals surface area contributed by atoms with Crippen molar-refractivity contribution in [1.29, 1.82) is 10.5 Å². The quantitative estimate of drug-likeness (QED) is 0.0823. The van der Waals surface area contributed by atoms with Gasteiger partial charge in [-0.3, -0.25) is 0 Å². The maximum absolute atomic E-state index is 13.6. The Morgan fingerprint density at radius 3 is 1.38 bits per heavy atom. The van der Waals surface area contributed by atoms with Crippen LogP contribution in [0.15, 0.2) is 121 Å². The minimum absolute atomic E-state index is 0.0635. The highest BCUT2D eigenvalue weighted by Gasteiger charge is 2.29. The molecular weight excluding hydrogens is 624 g/mol. The van der Waals surface area contributed by atoms with Gasteiger partial charge >= 0.3 is 11.9 Å². The summed E-state index contributed by atoms with van der Waals surface area (Å²) >= 11 is 0. The number of nitrogens with zero attached hydrogens (tertiary/aromatic N) is 4. The van der Waals surface area contributed by atoms with Gasteiger partial charge in [0.15, 0.2) is 0 Å². The van der Waals surface area contributed by atoms with Gasteiger partial charge in [-0.05, 0) is 81.6 Å². The maximum Gasteiger partial charge on any atom is 0.343 e. The highest BCUT2D eigenvalue weighted by molar-refractivity contribution is 6.00. The van der Waals surface area contributed by atoms with Crippen molar-refractivity contribution in [3.63, 3.8) is 0 Å². The number of carbonyl (C=O) groups is 2. The van der Waals surface area contributed by atoms with Gasteiger partial charge in [0.25, 0.3) is 11.4 Å². The molecule has 0 saturated heterocycles. The van der Waals surface area contributed by atoms with Gasteiger partial charge in [0.2, 0.25) is 0 Å². The second kappa shape index (κ2) is 12.9. The predicted molar refractivity (Wildman–Crippen MR) is 184 cm³/mol. The molecule has 0 aliphatic heterocycles. The van der Waals surface area contributed by atoms with Gasteiger partial charge < -0.3 is 9.47 Å². The first-order chi connectivity index (χ1) is 24.4. The van der Waals surface area contributed by atoms with Crippen LogP contribution < -0.4 is 9.47 Å². The first kappa shape index (κ1) is 31.1. The molecule has 50 heavy (non-hydrogen) atoms. The number of carbonyl (C=O) groups excluding carboxylic acids is 2. The van der Waals surface area contributed by atoms with Crippen LogP contribution in [0.2, 0.25) is 0 Å². The molecule has 0 saturated carbocycles. The summed E-state index contributed by atoms with van der Waals surface area (Å²) in [6, 6.07) is 35.4. The van der Waals surface area contributed by atoms with E-state index in [1.807, 2.05) is 60.7 Å². The first-order valence-corrected chi connectivity index (χ1v) is 15.4. The summed E-state index contributed by atoms with van der Waals surface area (Å²) in [4.78, 5) is 34.2. The van der Waals surface area contributed by atoms with Crippen molar-refractivity contribution in [3.05, 3.63) is 199 Å². The Morgan fingerprint density at radius 2 is 0.960 bits per heavy atom. The number of rotatable bonds is 4. The summed E-state index contributed by atoms with van der Waals surface area (Å²) in [6.07, 6.45) is 0.812. The summed E-state index contributed by atoms with van der Waals surface area (Å²) in [5.41, 5.74) is 7.27. The van der Waals surface area contributed by atoms with Crippen molar-refractivity contribution in [1.82, 2.24) is 0 Å². The average molecular weight is 647 g/mol. The van der Waals surface area contributed by atoms with Crippen molar-refractivity contribution in [2.75, 3.05) is 0 Å². The molecular formula is C42H22N4O4. The van der Waals surface area contributed by atoms with Gasteiger partial charge in [-0.1, -0.05) is 78.9 Å². The largest absolute Gasteiger partial charge is 0.423 e. The summed E-state index contributed by atoms with van der Waals surface area (Å²) in [5.74, 6) is -0.996. The fourth-order valence-electron chi connectivity index (χ4n) is 6.62. The maximum atomic E-state index is 13.6. The van der Waals surface area contributed by atoms with Crippen molar-refractivity contribution < 1.29 is 19.1 Å². The van der Waals surface area contributed by atoms with Gasteiger partial charge in [-0.25, -0.2) is 29.8 Å². The van der Waals surface area contributed by atoms with Crippen LogP contribution in [0, 0.1) is 35.8 Å². The highest BCUT2D eigenvalue weighted by atomic mass is 16.5. The van der Waals surface area contributed by atoms with Crippen LogP contribution in [0.5, 0.6) is 11.5 Å². The van der Waals surface area contributed by atoms with E-state index in [0.29, 0.717) is 46.2 Å². The number of nitriles is 2. The van der Waals surface area contributed by atoms with Crippen LogP contribution in [0.4, 0.5) is 0 Å². The minimum Gasteiger partial charge on any atom is -0.423 e. The molecule has 0 amide bonds. The number of hydrogen-bond acceptors (Lipinski definition) is 6. The second-order valence-electron chi connectivity index (χ2n) is 11.5. The summed E-state index contributed by atoms with van der Waals surface area (Å²) in [6.45, 7) is 15.2. The number of benzene rings is 5. The van der Waals surface area contributed by atoms with E-state index >= 15 is 0 Å². The van der Waals surface area contributed by atoms with E-state index in [1.165, 1.54) is 6.07 Å². The zero-order valence-corrected chi connectivity index (χ0v) is 26.2. The molecule has 0 aromatic heterocycles. The van der Waals surface area contributed by atoms with E-state index in [2.05, 4.69) is 9.69 Å². The molecule has 0 spiro atoms.